The summed E-state index contributed by atoms with van der Waals surface area (Å²) >= 11 is 0. The van der Waals surface area contributed by atoms with Crippen LogP contribution < -0.4 is 0 Å². The molecular weight excluding hydrogens is 128 g/mol. The molecule has 1 aliphatic carbocycles. The normalized spacial score (nSPS) is 36.6. The SMILES string of the molecule is [OH2+]C1CCCCCCC1[OH2+]. The van der Waals surface area contributed by atoms with Gasteiger partial charge in [0.15, 0.2) is 0 Å². The van der Waals surface area contributed by atoms with Crippen molar-refractivity contribution in [3.8, 4) is 0 Å². The molecule has 1 rings (SSSR count). The van der Waals surface area contributed by atoms with Crippen LogP contribution in [0.4, 0.5) is 0 Å². The Morgan fingerprint density at radius 3 is 1.50 bits per heavy atom. The molecule has 0 radical (unpaired) electrons. The quantitative estimate of drug-likeness (QED) is 0.447. The monoisotopic (exact) mass is 146 g/mol. The van der Waals surface area contributed by atoms with E-state index in [1.165, 1.54) is 25.7 Å². The minimum absolute atomic E-state index is 0.0969. The third kappa shape index (κ3) is 2.27. The first-order valence-corrected chi connectivity index (χ1v) is 4.23. The van der Waals surface area contributed by atoms with E-state index in [9.17, 15) is 0 Å². The van der Waals surface area contributed by atoms with Crippen LogP contribution in [0.15, 0.2) is 0 Å². The molecule has 60 valence electrons. The summed E-state index contributed by atoms with van der Waals surface area (Å²) < 4.78 is 0. The second kappa shape index (κ2) is 3.94. The van der Waals surface area contributed by atoms with Gasteiger partial charge in [-0.05, 0) is 12.8 Å². The highest BCUT2D eigenvalue weighted by Crippen LogP contribution is 2.17. The number of rotatable bonds is 0. The maximum Gasteiger partial charge on any atom is 0.226 e. The smallest absolute Gasteiger partial charge is 0.226 e. The van der Waals surface area contributed by atoms with Crippen LogP contribution in [-0.2, 0) is 0 Å². The predicted molar refractivity (Wildman–Crippen MR) is 42.5 cm³/mol. The highest BCUT2D eigenvalue weighted by atomic mass is 16.3. The highest BCUT2D eigenvalue weighted by molar-refractivity contribution is 4.69. The van der Waals surface area contributed by atoms with E-state index >= 15 is 0 Å². The zero-order valence-electron chi connectivity index (χ0n) is 6.40. The van der Waals surface area contributed by atoms with Gasteiger partial charge in [0.2, 0.25) is 12.2 Å². The lowest BCUT2D eigenvalue weighted by Crippen LogP contribution is -2.26. The van der Waals surface area contributed by atoms with Crippen LogP contribution in [0.1, 0.15) is 38.5 Å². The molecule has 0 aromatic rings. The van der Waals surface area contributed by atoms with Gasteiger partial charge in [-0.2, -0.15) is 0 Å². The zero-order valence-corrected chi connectivity index (χ0v) is 6.40. The molecule has 1 saturated carbocycles. The third-order valence-corrected chi connectivity index (χ3v) is 2.27. The van der Waals surface area contributed by atoms with Gasteiger partial charge in [-0.15, -0.1) is 0 Å². The molecule has 0 aliphatic heterocycles. The van der Waals surface area contributed by atoms with Crippen molar-refractivity contribution in [2.24, 2.45) is 0 Å². The van der Waals surface area contributed by atoms with Crippen LogP contribution in [0.5, 0.6) is 0 Å². The largest absolute Gasteiger partial charge is 0.437 e. The number of hydrogen-bond donors (Lipinski definition) is 0. The van der Waals surface area contributed by atoms with Crippen molar-refractivity contribution in [3.63, 3.8) is 0 Å². The molecule has 2 unspecified atom stereocenters. The standard InChI is InChI=1S/C8H16O2/c9-7-5-3-1-2-4-6-8(7)10/h7-10H,1-6H2/p+2. The van der Waals surface area contributed by atoms with Gasteiger partial charge in [0.05, 0.1) is 0 Å². The Kier molecular flexibility index (Phi) is 3.16. The molecule has 2 heteroatoms. The van der Waals surface area contributed by atoms with Crippen LogP contribution >= 0.6 is 0 Å². The van der Waals surface area contributed by atoms with Crippen LogP contribution in [0.25, 0.3) is 0 Å². The molecule has 4 N–H and O–H groups in total. The van der Waals surface area contributed by atoms with E-state index in [0.29, 0.717) is 0 Å². The summed E-state index contributed by atoms with van der Waals surface area (Å²) in [4.78, 5) is 0. The van der Waals surface area contributed by atoms with Crippen molar-refractivity contribution in [2.75, 3.05) is 0 Å². The van der Waals surface area contributed by atoms with Gasteiger partial charge in [0.1, 0.15) is 0 Å². The van der Waals surface area contributed by atoms with Gasteiger partial charge in [-0.1, -0.05) is 12.8 Å². The van der Waals surface area contributed by atoms with E-state index < -0.39 is 0 Å². The molecule has 10 heavy (non-hydrogen) atoms. The van der Waals surface area contributed by atoms with Gasteiger partial charge in [-0.3, -0.25) is 0 Å². The Labute approximate surface area is 61.9 Å². The van der Waals surface area contributed by atoms with Crippen molar-refractivity contribution in [1.82, 2.24) is 0 Å². The van der Waals surface area contributed by atoms with Gasteiger partial charge < -0.3 is 10.2 Å². The molecular formula is C8H18O2+2. The van der Waals surface area contributed by atoms with Crippen molar-refractivity contribution < 1.29 is 10.2 Å². The van der Waals surface area contributed by atoms with E-state index in [1.54, 1.807) is 0 Å². The van der Waals surface area contributed by atoms with E-state index in [1.807, 2.05) is 0 Å². The van der Waals surface area contributed by atoms with Crippen LogP contribution in [0.2, 0.25) is 0 Å². The van der Waals surface area contributed by atoms with Crippen molar-refractivity contribution in [3.05, 3.63) is 0 Å². The van der Waals surface area contributed by atoms with Crippen LogP contribution in [-0.4, -0.2) is 22.4 Å². The second-order valence-corrected chi connectivity index (χ2v) is 3.20. The third-order valence-electron chi connectivity index (χ3n) is 2.27. The van der Waals surface area contributed by atoms with Crippen LogP contribution in [0.3, 0.4) is 0 Å². The maximum absolute atomic E-state index is 7.53. The molecule has 0 aromatic heterocycles. The summed E-state index contributed by atoms with van der Waals surface area (Å²) in [6, 6.07) is 0. The molecule has 2 atom stereocenters. The summed E-state index contributed by atoms with van der Waals surface area (Å²) in [5.41, 5.74) is 0. The Balaban J connectivity index is 2.28. The maximum atomic E-state index is 7.53. The molecule has 0 bridgehead atoms. The molecule has 1 aliphatic rings. The first kappa shape index (κ1) is 8.02. The van der Waals surface area contributed by atoms with Crippen LogP contribution in [0, 0.1) is 0 Å². The lowest BCUT2D eigenvalue weighted by molar-refractivity contribution is 0.00303. The molecule has 2 nitrogen and oxygen atoms in total. The van der Waals surface area contributed by atoms with E-state index in [0.717, 1.165) is 12.8 Å². The first-order valence-electron chi connectivity index (χ1n) is 4.23. The first-order chi connectivity index (χ1) is 4.80. The zero-order chi connectivity index (χ0) is 7.40. The Hall–Kier alpha value is -0.0800. The lowest BCUT2D eigenvalue weighted by Gasteiger charge is -2.13. The fourth-order valence-electron chi connectivity index (χ4n) is 1.48. The average molecular weight is 146 g/mol. The minimum atomic E-state index is -0.0969. The van der Waals surface area contributed by atoms with Gasteiger partial charge >= 0.3 is 0 Å². The topological polar surface area (TPSA) is 45.8 Å². The van der Waals surface area contributed by atoms with E-state index in [-0.39, 0.29) is 12.2 Å². The molecule has 1 fully saturated rings. The van der Waals surface area contributed by atoms with Crippen molar-refractivity contribution in [1.29, 1.82) is 0 Å². The Morgan fingerprint density at radius 2 is 1.10 bits per heavy atom. The molecule has 0 amide bonds. The van der Waals surface area contributed by atoms with Gasteiger partial charge in [-0.25, -0.2) is 0 Å². The minimum Gasteiger partial charge on any atom is -0.437 e. The molecule has 0 heterocycles. The Bertz CT molecular complexity index is 81.3. The van der Waals surface area contributed by atoms with E-state index in [4.69, 9.17) is 10.2 Å². The van der Waals surface area contributed by atoms with Gasteiger partial charge in [0.25, 0.3) is 0 Å². The fraction of sp³-hybridized carbons (Fsp3) is 1.00. The summed E-state index contributed by atoms with van der Waals surface area (Å²) in [5.74, 6) is 0. The Morgan fingerprint density at radius 1 is 0.700 bits per heavy atom. The molecule has 0 spiro atoms. The molecule has 0 aromatic carbocycles. The summed E-state index contributed by atoms with van der Waals surface area (Å²) in [6.45, 7) is 0. The summed E-state index contributed by atoms with van der Waals surface area (Å²) in [6.07, 6.45) is 6.61. The highest BCUT2D eigenvalue weighted by Gasteiger charge is 2.25. The second-order valence-electron chi connectivity index (χ2n) is 3.20. The average Bonchev–Trinajstić information content (AvgIpc) is 1.92. The summed E-state index contributed by atoms with van der Waals surface area (Å²) in [7, 11) is 0. The number of hydrogen-bond acceptors (Lipinski definition) is 0. The summed E-state index contributed by atoms with van der Waals surface area (Å²) in [5, 5.41) is 15.1. The molecule has 0 saturated heterocycles. The van der Waals surface area contributed by atoms with Crippen molar-refractivity contribution in [2.45, 2.75) is 50.7 Å². The van der Waals surface area contributed by atoms with Crippen molar-refractivity contribution >= 4 is 0 Å². The predicted octanol–water partition coefficient (Wildman–Crippen LogP) is 0.527. The fourth-order valence-corrected chi connectivity index (χ4v) is 1.48. The van der Waals surface area contributed by atoms with E-state index in [2.05, 4.69) is 0 Å². The van der Waals surface area contributed by atoms with Gasteiger partial charge in [0, 0.05) is 12.8 Å². The lowest BCUT2D eigenvalue weighted by atomic mass is 9.96.